The van der Waals surface area contributed by atoms with Crippen molar-refractivity contribution in [3.63, 3.8) is 0 Å². The maximum atomic E-state index is 12.9. The van der Waals surface area contributed by atoms with Crippen LogP contribution in [0.5, 0.6) is 0 Å². The minimum atomic E-state index is -0.386. The van der Waals surface area contributed by atoms with Crippen molar-refractivity contribution in [2.45, 2.75) is 19.4 Å². The molecule has 146 valence electrons. The summed E-state index contributed by atoms with van der Waals surface area (Å²) in [6, 6.07) is 12.5. The number of anilines is 1. The van der Waals surface area contributed by atoms with Gasteiger partial charge in [0, 0.05) is 18.1 Å². The number of hydrogen-bond acceptors (Lipinski definition) is 4. The lowest BCUT2D eigenvalue weighted by Gasteiger charge is -2.32. The Morgan fingerprint density at radius 3 is 2.79 bits per heavy atom. The van der Waals surface area contributed by atoms with Gasteiger partial charge in [-0.15, -0.1) is 0 Å². The lowest BCUT2D eigenvalue weighted by molar-refractivity contribution is -0.129. The van der Waals surface area contributed by atoms with Crippen LogP contribution in [-0.2, 0) is 9.59 Å². The SMILES string of the molecule is CC(=O)N1C=Cc2ccccc2[C@@H]1CC(=O)Nc1cc(Cl)ccc1-n1cncn1. The molecule has 29 heavy (non-hydrogen) atoms. The Bertz CT molecular complexity index is 1090. The Labute approximate surface area is 172 Å². The molecule has 0 fully saturated rings. The van der Waals surface area contributed by atoms with Crippen LogP contribution in [0.15, 0.2) is 61.3 Å². The van der Waals surface area contributed by atoms with E-state index < -0.39 is 0 Å². The first-order valence-electron chi connectivity index (χ1n) is 9.03. The van der Waals surface area contributed by atoms with E-state index in [1.807, 2.05) is 30.3 Å². The molecule has 1 aliphatic rings. The van der Waals surface area contributed by atoms with Crippen LogP contribution in [0.4, 0.5) is 5.69 Å². The molecule has 0 saturated heterocycles. The lowest BCUT2D eigenvalue weighted by atomic mass is 9.93. The van der Waals surface area contributed by atoms with Gasteiger partial charge in [0.15, 0.2) is 0 Å². The molecule has 3 aromatic rings. The van der Waals surface area contributed by atoms with Crippen LogP contribution in [0, 0.1) is 0 Å². The number of hydrogen-bond donors (Lipinski definition) is 1. The van der Waals surface area contributed by atoms with Crippen LogP contribution in [0.3, 0.4) is 0 Å². The van der Waals surface area contributed by atoms with E-state index in [4.69, 9.17) is 11.6 Å². The third-order valence-electron chi connectivity index (χ3n) is 4.75. The second-order valence-corrected chi connectivity index (χ2v) is 7.08. The van der Waals surface area contributed by atoms with Crippen molar-refractivity contribution in [1.29, 1.82) is 0 Å². The van der Waals surface area contributed by atoms with E-state index in [1.54, 1.807) is 40.3 Å². The molecule has 2 heterocycles. The number of halogens is 1. The highest BCUT2D eigenvalue weighted by atomic mass is 35.5. The van der Waals surface area contributed by atoms with Gasteiger partial charge in [-0.25, -0.2) is 9.67 Å². The molecule has 0 unspecified atom stereocenters. The molecular weight excluding hydrogens is 390 g/mol. The summed E-state index contributed by atoms with van der Waals surface area (Å²) in [6.07, 6.45) is 6.66. The van der Waals surface area contributed by atoms with Gasteiger partial charge in [-0.1, -0.05) is 35.9 Å². The number of aromatic nitrogens is 3. The van der Waals surface area contributed by atoms with Crippen molar-refractivity contribution in [2.75, 3.05) is 5.32 Å². The monoisotopic (exact) mass is 407 g/mol. The molecule has 7 nitrogen and oxygen atoms in total. The number of carbonyl (C=O) groups is 2. The van der Waals surface area contributed by atoms with Crippen molar-refractivity contribution in [1.82, 2.24) is 19.7 Å². The maximum Gasteiger partial charge on any atom is 0.226 e. The summed E-state index contributed by atoms with van der Waals surface area (Å²) in [5.41, 5.74) is 3.09. The first kappa shape index (κ1) is 18.9. The second kappa shape index (κ2) is 7.89. The largest absolute Gasteiger partial charge is 0.324 e. The number of nitrogens with one attached hydrogen (secondary N) is 1. The van der Waals surface area contributed by atoms with Gasteiger partial charge in [0.2, 0.25) is 11.8 Å². The van der Waals surface area contributed by atoms with E-state index in [-0.39, 0.29) is 24.3 Å². The zero-order valence-corrected chi connectivity index (χ0v) is 16.4. The third kappa shape index (κ3) is 3.90. The zero-order chi connectivity index (χ0) is 20.4. The highest BCUT2D eigenvalue weighted by Crippen LogP contribution is 2.33. The number of benzene rings is 2. The molecule has 4 rings (SSSR count). The highest BCUT2D eigenvalue weighted by molar-refractivity contribution is 6.31. The molecule has 2 amide bonds. The minimum Gasteiger partial charge on any atom is -0.324 e. The van der Waals surface area contributed by atoms with Crippen molar-refractivity contribution >= 4 is 35.2 Å². The highest BCUT2D eigenvalue weighted by Gasteiger charge is 2.28. The van der Waals surface area contributed by atoms with Crippen molar-refractivity contribution in [3.8, 4) is 5.69 Å². The molecule has 2 aromatic carbocycles. The Hall–Kier alpha value is -3.45. The van der Waals surface area contributed by atoms with Crippen LogP contribution < -0.4 is 5.32 Å². The Morgan fingerprint density at radius 2 is 2.03 bits per heavy atom. The normalized spacial score (nSPS) is 15.1. The fourth-order valence-electron chi connectivity index (χ4n) is 3.43. The number of rotatable bonds is 4. The number of nitrogens with zero attached hydrogens (tertiary/aromatic N) is 4. The summed E-state index contributed by atoms with van der Waals surface area (Å²) in [5.74, 6) is -0.366. The van der Waals surface area contributed by atoms with Gasteiger partial charge in [-0.3, -0.25) is 9.59 Å². The fourth-order valence-corrected chi connectivity index (χ4v) is 3.60. The molecule has 0 saturated carbocycles. The second-order valence-electron chi connectivity index (χ2n) is 6.64. The predicted molar refractivity (Wildman–Crippen MR) is 110 cm³/mol. The molecule has 1 N–H and O–H groups in total. The molecule has 0 radical (unpaired) electrons. The summed E-state index contributed by atoms with van der Waals surface area (Å²) >= 11 is 6.13. The smallest absolute Gasteiger partial charge is 0.226 e. The summed E-state index contributed by atoms with van der Waals surface area (Å²) in [7, 11) is 0. The Kier molecular flexibility index (Phi) is 5.14. The van der Waals surface area contributed by atoms with Crippen LogP contribution >= 0.6 is 11.6 Å². The average Bonchev–Trinajstić information content (AvgIpc) is 3.22. The number of carbonyl (C=O) groups excluding carboxylic acids is 2. The lowest BCUT2D eigenvalue weighted by Crippen LogP contribution is -2.33. The van der Waals surface area contributed by atoms with E-state index in [0.717, 1.165) is 11.1 Å². The first-order valence-corrected chi connectivity index (χ1v) is 9.41. The molecule has 1 atom stereocenters. The molecular formula is C21H18ClN5O2. The van der Waals surface area contributed by atoms with Gasteiger partial charge >= 0.3 is 0 Å². The van der Waals surface area contributed by atoms with Gasteiger partial charge < -0.3 is 10.2 Å². The summed E-state index contributed by atoms with van der Waals surface area (Å²) in [6.45, 7) is 1.49. The van der Waals surface area contributed by atoms with Crippen LogP contribution in [0.2, 0.25) is 5.02 Å². The third-order valence-corrected chi connectivity index (χ3v) is 4.98. The van der Waals surface area contributed by atoms with E-state index in [2.05, 4.69) is 15.4 Å². The van der Waals surface area contributed by atoms with Crippen LogP contribution in [0.25, 0.3) is 11.8 Å². The van der Waals surface area contributed by atoms with Crippen molar-refractivity contribution < 1.29 is 9.59 Å². The molecule has 1 aromatic heterocycles. The summed E-state index contributed by atoms with van der Waals surface area (Å²) in [5, 5.41) is 7.50. The molecule has 0 bridgehead atoms. The summed E-state index contributed by atoms with van der Waals surface area (Å²) in [4.78, 5) is 30.6. The van der Waals surface area contributed by atoms with Gasteiger partial charge in [-0.2, -0.15) is 5.10 Å². The quantitative estimate of drug-likeness (QED) is 0.712. The first-order chi connectivity index (χ1) is 14.0. The van der Waals surface area contributed by atoms with Gasteiger partial charge in [0.1, 0.15) is 12.7 Å². The molecule has 0 aliphatic carbocycles. The van der Waals surface area contributed by atoms with Crippen molar-refractivity contribution in [2.24, 2.45) is 0 Å². The molecule has 1 aliphatic heterocycles. The van der Waals surface area contributed by atoms with Gasteiger partial charge in [0.05, 0.1) is 23.8 Å². The van der Waals surface area contributed by atoms with E-state index in [9.17, 15) is 9.59 Å². The van der Waals surface area contributed by atoms with Crippen molar-refractivity contribution in [3.05, 3.63) is 77.5 Å². The topological polar surface area (TPSA) is 80.1 Å². The van der Waals surface area contributed by atoms with E-state index >= 15 is 0 Å². The fraction of sp³-hybridized carbons (Fsp3) is 0.143. The van der Waals surface area contributed by atoms with Crippen LogP contribution in [-0.4, -0.2) is 31.5 Å². The Balaban J connectivity index is 1.61. The van der Waals surface area contributed by atoms with E-state index in [0.29, 0.717) is 16.4 Å². The van der Waals surface area contributed by atoms with Gasteiger partial charge in [0.25, 0.3) is 0 Å². The van der Waals surface area contributed by atoms with Gasteiger partial charge in [-0.05, 0) is 35.4 Å². The Morgan fingerprint density at radius 1 is 1.21 bits per heavy atom. The molecule has 8 heteroatoms. The van der Waals surface area contributed by atoms with Crippen LogP contribution in [0.1, 0.15) is 30.5 Å². The predicted octanol–water partition coefficient (Wildman–Crippen LogP) is 3.82. The van der Waals surface area contributed by atoms with E-state index in [1.165, 1.54) is 13.3 Å². The summed E-state index contributed by atoms with van der Waals surface area (Å²) < 4.78 is 1.55. The number of fused-ring (bicyclic) bond motifs is 1. The molecule has 0 spiro atoms. The minimum absolute atomic E-state index is 0.101. The zero-order valence-electron chi connectivity index (χ0n) is 15.6. The standard InChI is InChI=1S/C21H18ClN5O2/c1-14(28)26-9-8-15-4-2-3-5-17(15)20(26)11-21(29)25-18-10-16(22)6-7-19(18)27-13-23-12-24-27/h2-10,12-13,20H,11H2,1H3,(H,25,29)/t20-/m0/s1. The average molecular weight is 408 g/mol. The maximum absolute atomic E-state index is 12.9. The number of amides is 2.